The Morgan fingerprint density at radius 2 is 2.20 bits per heavy atom. The number of fused-ring (bicyclic) bond motifs is 1. The second kappa shape index (κ2) is 4.37. The molecule has 0 unspecified atom stereocenters. The Hall–Kier alpha value is -0.810. The summed E-state index contributed by atoms with van der Waals surface area (Å²) < 4.78 is 11.5. The van der Waals surface area contributed by atoms with Crippen LogP contribution in [0.5, 0.6) is 0 Å². The van der Waals surface area contributed by atoms with Crippen molar-refractivity contribution in [1.82, 2.24) is 0 Å². The van der Waals surface area contributed by atoms with E-state index < -0.39 is 0 Å². The van der Waals surface area contributed by atoms with Gasteiger partial charge in [-0.25, -0.2) is 4.79 Å². The normalized spacial score (nSPS) is 10.5. The lowest BCUT2D eigenvalue weighted by molar-refractivity contribution is 0.266. The largest absolute Gasteiger partial charge is 0.452 e. The first-order valence-corrected chi connectivity index (χ1v) is 5.67. The zero-order chi connectivity index (χ0) is 10.8. The molecule has 1 radical (unpaired) electrons. The first kappa shape index (κ1) is 10.7. The molecule has 2 rings (SSSR count). The summed E-state index contributed by atoms with van der Waals surface area (Å²) in [6.45, 7) is 1.53. The summed E-state index contributed by atoms with van der Waals surface area (Å²) in [5.41, 5.74) is 1.53. The van der Waals surface area contributed by atoms with E-state index in [0.717, 1.165) is 21.0 Å². The van der Waals surface area contributed by atoms with Gasteiger partial charge in [-0.3, -0.25) is 0 Å². The highest BCUT2D eigenvalue weighted by Crippen LogP contribution is 2.35. The molecule has 1 aromatic heterocycles. The lowest BCUT2D eigenvalue weighted by Crippen LogP contribution is -1.89. The Bertz CT molecular complexity index is 505. The Morgan fingerprint density at radius 1 is 1.40 bits per heavy atom. The van der Waals surface area contributed by atoms with Crippen LogP contribution in [0.2, 0.25) is 0 Å². The molecule has 77 valence electrons. The van der Waals surface area contributed by atoms with Crippen LogP contribution in [0.4, 0.5) is 0 Å². The summed E-state index contributed by atoms with van der Waals surface area (Å²) in [5.74, 6) is 0. The number of hydrogen-bond acceptors (Lipinski definition) is 3. The van der Waals surface area contributed by atoms with Gasteiger partial charge in [0.1, 0.15) is 12.2 Å². The maximum absolute atomic E-state index is 10.0. The minimum atomic E-state index is 0.139. The molecule has 0 N–H and O–H groups in total. The standard InChI is InChI=1S/C10H5Br2O3/c11-7-2-1-3-8-9(7)6(4-14-5-13)10(12)15-8/h1-3H,4H2. The first-order chi connectivity index (χ1) is 7.24. The van der Waals surface area contributed by atoms with Crippen molar-refractivity contribution in [2.24, 2.45) is 0 Å². The van der Waals surface area contributed by atoms with E-state index in [1.165, 1.54) is 6.47 Å². The molecule has 1 aromatic carbocycles. The maximum Gasteiger partial charge on any atom is 0.417 e. The van der Waals surface area contributed by atoms with Crippen molar-refractivity contribution in [3.8, 4) is 0 Å². The Labute approximate surface area is 103 Å². The van der Waals surface area contributed by atoms with E-state index in [0.29, 0.717) is 4.67 Å². The monoisotopic (exact) mass is 331 g/mol. The third-order valence-electron chi connectivity index (χ3n) is 1.99. The van der Waals surface area contributed by atoms with Crippen LogP contribution in [0.15, 0.2) is 31.8 Å². The van der Waals surface area contributed by atoms with Crippen molar-refractivity contribution in [3.05, 3.63) is 32.9 Å². The van der Waals surface area contributed by atoms with Gasteiger partial charge >= 0.3 is 6.47 Å². The molecule has 1 heterocycles. The number of benzene rings is 1. The zero-order valence-electron chi connectivity index (χ0n) is 7.42. The average molecular weight is 333 g/mol. The summed E-state index contributed by atoms with van der Waals surface area (Å²) in [7, 11) is 0. The van der Waals surface area contributed by atoms with Gasteiger partial charge in [0, 0.05) is 9.86 Å². The van der Waals surface area contributed by atoms with Crippen LogP contribution < -0.4 is 0 Å². The van der Waals surface area contributed by atoms with Gasteiger partial charge in [-0.2, -0.15) is 0 Å². The lowest BCUT2D eigenvalue weighted by Gasteiger charge is -1.97. The number of furan rings is 1. The molecule has 2 aromatic rings. The third-order valence-corrected chi connectivity index (χ3v) is 3.29. The highest BCUT2D eigenvalue weighted by Gasteiger charge is 2.14. The molecule has 3 nitrogen and oxygen atoms in total. The van der Waals surface area contributed by atoms with E-state index in [1.807, 2.05) is 18.2 Å². The number of halogens is 2. The number of hydrogen-bond donors (Lipinski definition) is 0. The van der Waals surface area contributed by atoms with Crippen LogP contribution >= 0.6 is 31.9 Å². The van der Waals surface area contributed by atoms with Gasteiger partial charge < -0.3 is 9.15 Å². The molecule has 0 atom stereocenters. The Kier molecular flexibility index (Phi) is 3.11. The van der Waals surface area contributed by atoms with Crippen molar-refractivity contribution in [2.45, 2.75) is 6.61 Å². The Morgan fingerprint density at radius 3 is 2.93 bits per heavy atom. The first-order valence-electron chi connectivity index (χ1n) is 4.08. The molecule has 0 spiro atoms. The summed E-state index contributed by atoms with van der Waals surface area (Å²) >= 11 is 6.69. The smallest absolute Gasteiger partial charge is 0.417 e. The predicted octanol–water partition coefficient (Wildman–Crippen LogP) is 3.54. The molecule has 0 aliphatic carbocycles. The molecule has 0 saturated carbocycles. The topological polar surface area (TPSA) is 39.4 Å². The van der Waals surface area contributed by atoms with Crippen LogP contribution in [-0.4, -0.2) is 6.47 Å². The van der Waals surface area contributed by atoms with Gasteiger partial charge in [0.2, 0.25) is 0 Å². The van der Waals surface area contributed by atoms with Crippen LogP contribution in [0, 0.1) is 0 Å². The van der Waals surface area contributed by atoms with Gasteiger partial charge in [0.15, 0.2) is 4.67 Å². The molecule has 0 aliphatic heterocycles. The lowest BCUT2D eigenvalue weighted by atomic mass is 10.2. The fraction of sp³-hybridized carbons (Fsp3) is 0.100. The summed E-state index contributed by atoms with van der Waals surface area (Å²) in [4.78, 5) is 10.0. The fourth-order valence-corrected chi connectivity index (χ4v) is 2.44. The van der Waals surface area contributed by atoms with E-state index in [4.69, 9.17) is 4.42 Å². The summed E-state index contributed by atoms with van der Waals surface area (Å²) in [6, 6.07) is 5.62. The predicted molar refractivity (Wildman–Crippen MR) is 62.1 cm³/mol. The van der Waals surface area contributed by atoms with Gasteiger partial charge in [-0.15, -0.1) is 0 Å². The van der Waals surface area contributed by atoms with E-state index in [9.17, 15) is 4.79 Å². The van der Waals surface area contributed by atoms with Gasteiger partial charge in [-0.05, 0) is 28.1 Å². The summed E-state index contributed by atoms with van der Waals surface area (Å²) in [5, 5.41) is 0.902. The van der Waals surface area contributed by atoms with Gasteiger partial charge in [0.05, 0.1) is 5.56 Å². The highest BCUT2D eigenvalue weighted by molar-refractivity contribution is 9.11. The van der Waals surface area contributed by atoms with E-state index in [1.54, 1.807) is 0 Å². The van der Waals surface area contributed by atoms with Gasteiger partial charge in [0.25, 0.3) is 0 Å². The molecule has 5 heteroatoms. The minimum absolute atomic E-state index is 0.139. The highest BCUT2D eigenvalue weighted by atomic mass is 79.9. The quantitative estimate of drug-likeness (QED) is 0.863. The molecular formula is C10H5Br2O3. The second-order valence-electron chi connectivity index (χ2n) is 2.84. The van der Waals surface area contributed by atoms with Crippen LogP contribution in [0.25, 0.3) is 11.0 Å². The zero-order valence-corrected chi connectivity index (χ0v) is 10.6. The van der Waals surface area contributed by atoms with Crippen LogP contribution in [0.1, 0.15) is 5.56 Å². The molecule has 15 heavy (non-hydrogen) atoms. The molecule has 0 bridgehead atoms. The van der Waals surface area contributed by atoms with Crippen LogP contribution in [0.3, 0.4) is 0 Å². The molecule has 0 aliphatic rings. The van der Waals surface area contributed by atoms with E-state index in [-0.39, 0.29) is 6.61 Å². The SMILES string of the molecule is O=[C]OCc1c(Br)oc2cccc(Br)c12. The molecule has 0 fully saturated rings. The summed E-state index contributed by atoms with van der Waals surface area (Å²) in [6.07, 6.45) is 0. The third kappa shape index (κ3) is 1.94. The van der Waals surface area contributed by atoms with Crippen molar-refractivity contribution in [1.29, 1.82) is 0 Å². The number of ether oxygens (including phenoxy) is 1. The van der Waals surface area contributed by atoms with Crippen molar-refractivity contribution in [3.63, 3.8) is 0 Å². The van der Waals surface area contributed by atoms with Crippen LogP contribution in [-0.2, 0) is 16.1 Å². The van der Waals surface area contributed by atoms with E-state index in [2.05, 4.69) is 36.6 Å². The molecular weight excluding hydrogens is 328 g/mol. The van der Waals surface area contributed by atoms with Crippen molar-refractivity contribution in [2.75, 3.05) is 0 Å². The molecule has 0 saturated heterocycles. The molecule has 0 amide bonds. The average Bonchev–Trinajstić information content (AvgIpc) is 2.53. The van der Waals surface area contributed by atoms with Gasteiger partial charge in [-0.1, -0.05) is 22.0 Å². The number of rotatable bonds is 3. The minimum Gasteiger partial charge on any atom is -0.452 e. The van der Waals surface area contributed by atoms with Crippen molar-refractivity contribution < 1.29 is 13.9 Å². The maximum atomic E-state index is 10.0. The second-order valence-corrected chi connectivity index (χ2v) is 4.41. The number of carbonyl (C=O) groups excluding carboxylic acids is 1. The fourth-order valence-electron chi connectivity index (χ4n) is 1.37. The Balaban J connectivity index is 2.60. The van der Waals surface area contributed by atoms with Crippen molar-refractivity contribution >= 4 is 49.3 Å². The van der Waals surface area contributed by atoms with E-state index >= 15 is 0 Å².